The van der Waals surface area contributed by atoms with Crippen LogP contribution in [0.4, 0.5) is 0 Å². The molecule has 0 radical (unpaired) electrons. The lowest BCUT2D eigenvalue weighted by Gasteiger charge is -2.10. The van der Waals surface area contributed by atoms with Crippen molar-refractivity contribution in [2.24, 2.45) is 0 Å². The van der Waals surface area contributed by atoms with Crippen LogP contribution in [-0.4, -0.2) is 17.6 Å². The highest BCUT2D eigenvalue weighted by atomic mass is 79.9. The van der Waals surface area contributed by atoms with Gasteiger partial charge in [0.15, 0.2) is 0 Å². The third kappa shape index (κ3) is 3.41. The maximum atomic E-state index is 11.8. The Bertz CT molecular complexity index is 528. The molecule has 2 N–H and O–H groups in total. The summed E-state index contributed by atoms with van der Waals surface area (Å²) in [5.74, 6) is -0.188. The van der Waals surface area contributed by atoms with Gasteiger partial charge in [-0.15, -0.1) is 11.3 Å². The summed E-state index contributed by atoms with van der Waals surface area (Å²) < 4.78 is 0.856. The van der Waals surface area contributed by atoms with Crippen molar-refractivity contribution < 1.29 is 9.90 Å². The van der Waals surface area contributed by atoms with Crippen molar-refractivity contribution in [2.75, 3.05) is 6.54 Å². The largest absolute Gasteiger partial charge is 0.386 e. The average molecular weight is 326 g/mol. The predicted octanol–water partition coefficient (Wildman–Crippen LogP) is 2.97. The molecule has 94 valence electrons. The van der Waals surface area contributed by atoms with E-state index in [9.17, 15) is 9.90 Å². The molecule has 0 bridgehead atoms. The van der Waals surface area contributed by atoms with E-state index in [1.54, 1.807) is 18.2 Å². The molecule has 0 fully saturated rings. The third-order valence-corrected chi connectivity index (χ3v) is 3.88. The molecule has 1 atom stereocenters. The van der Waals surface area contributed by atoms with E-state index in [1.807, 2.05) is 23.6 Å². The number of benzene rings is 1. The maximum absolute atomic E-state index is 11.8. The Kier molecular flexibility index (Phi) is 4.52. The van der Waals surface area contributed by atoms with Gasteiger partial charge in [0.05, 0.1) is 0 Å². The van der Waals surface area contributed by atoms with Crippen molar-refractivity contribution in [3.63, 3.8) is 0 Å². The number of nitrogens with one attached hydrogen (secondary N) is 1. The predicted molar refractivity (Wildman–Crippen MR) is 75.8 cm³/mol. The summed E-state index contributed by atoms with van der Waals surface area (Å²) in [6.07, 6.45) is -0.652. The Balaban J connectivity index is 1.92. The fraction of sp³-hybridized carbons (Fsp3) is 0.154. The fourth-order valence-electron chi connectivity index (χ4n) is 1.50. The first-order chi connectivity index (χ1) is 8.66. The van der Waals surface area contributed by atoms with Crippen LogP contribution in [0.2, 0.25) is 0 Å². The van der Waals surface area contributed by atoms with Gasteiger partial charge >= 0.3 is 0 Å². The van der Waals surface area contributed by atoms with Gasteiger partial charge in [0.25, 0.3) is 5.91 Å². The highest BCUT2D eigenvalue weighted by Crippen LogP contribution is 2.18. The van der Waals surface area contributed by atoms with Crippen LogP contribution in [0, 0.1) is 0 Å². The van der Waals surface area contributed by atoms with Gasteiger partial charge < -0.3 is 10.4 Å². The zero-order valence-electron chi connectivity index (χ0n) is 9.47. The van der Waals surface area contributed by atoms with E-state index in [0.29, 0.717) is 5.56 Å². The normalized spacial score (nSPS) is 12.1. The molecule has 1 amide bonds. The molecule has 3 nitrogen and oxygen atoms in total. The zero-order chi connectivity index (χ0) is 13.0. The number of carbonyl (C=O) groups excluding carboxylic acids is 1. The number of thiophene rings is 1. The molecule has 18 heavy (non-hydrogen) atoms. The first kappa shape index (κ1) is 13.3. The molecule has 0 spiro atoms. The van der Waals surface area contributed by atoms with Crippen LogP contribution in [0.1, 0.15) is 21.3 Å². The highest BCUT2D eigenvalue weighted by Gasteiger charge is 2.11. The van der Waals surface area contributed by atoms with E-state index in [1.165, 1.54) is 11.3 Å². The maximum Gasteiger partial charge on any atom is 0.251 e. The van der Waals surface area contributed by atoms with Gasteiger partial charge in [-0.05, 0) is 29.6 Å². The lowest BCUT2D eigenvalue weighted by atomic mass is 10.2. The van der Waals surface area contributed by atoms with Crippen LogP contribution < -0.4 is 5.32 Å². The average Bonchev–Trinajstić information content (AvgIpc) is 2.89. The molecule has 1 heterocycles. The number of hydrogen-bond acceptors (Lipinski definition) is 3. The molecule has 0 aliphatic carbocycles. The van der Waals surface area contributed by atoms with Gasteiger partial charge in [-0.1, -0.05) is 28.1 Å². The number of halogens is 1. The highest BCUT2D eigenvalue weighted by molar-refractivity contribution is 9.10. The van der Waals surface area contributed by atoms with E-state index in [0.717, 1.165) is 9.35 Å². The monoisotopic (exact) mass is 325 g/mol. The van der Waals surface area contributed by atoms with E-state index in [2.05, 4.69) is 21.2 Å². The van der Waals surface area contributed by atoms with Crippen molar-refractivity contribution in [2.45, 2.75) is 6.10 Å². The van der Waals surface area contributed by atoms with Crippen LogP contribution >= 0.6 is 27.3 Å². The van der Waals surface area contributed by atoms with Crippen molar-refractivity contribution in [3.05, 3.63) is 56.7 Å². The van der Waals surface area contributed by atoms with Gasteiger partial charge in [-0.2, -0.15) is 0 Å². The van der Waals surface area contributed by atoms with Crippen LogP contribution in [0.3, 0.4) is 0 Å². The van der Waals surface area contributed by atoms with Gasteiger partial charge in [-0.25, -0.2) is 0 Å². The molecule has 2 aromatic rings. The number of hydrogen-bond donors (Lipinski definition) is 2. The van der Waals surface area contributed by atoms with Crippen LogP contribution in [0.5, 0.6) is 0 Å². The third-order valence-electron chi connectivity index (χ3n) is 2.41. The Hall–Kier alpha value is -1.17. The summed E-state index contributed by atoms with van der Waals surface area (Å²) in [4.78, 5) is 12.7. The minimum atomic E-state index is -0.652. The molecule has 0 saturated carbocycles. The van der Waals surface area contributed by atoms with Crippen LogP contribution in [-0.2, 0) is 0 Å². The topological polar surface area (TPSA) is 49.3 Å². The SMILES string of the molecule is O=C(NCC(O)c1cccs1)c1cccc(Br)c1. The number of aliphatic hydroxyl groups is 1. The summed E-state index contributed by atoms with van der Waals surface area (Å²) in [7, 11) is 0. The van der Waals surface area contributed by atoms with Crippen LogP contribution in [0.25, 0.3) is 0 Å². The Morgan fingerprint density at radius 1 is 1.39 bits per heavy atom. The molecular formula is C13H12BrNO2S. The number of amides is 1. The minimum Gasteiger partial charge on any atom is -0.386 e. The number of carbonyl (C=O) groups is 1. The molecule has 2 rings (SSSR count). The number of rotatable bonds is 4. The first-order valence-corrected chi connectivity index (χ1v) is 7.09. The molecule has 1 unspecified atom stereocenters. The van der Waals surface area contributed by atoms with Gasteiger partial charge in [0, 0.05) is 21.5 Å². The van der Waals surface area contributed by atoms with Crippen LogP contribution in [0.15, 0.2) is 46.3 Å². The lowest BCUT2D eigenvalue weighted by Crippen LogP contribution is -2.28. The molecule has 0 saturated heterocycles. The Morgan fingerprint density at radius 2 is 2.22 bits per heavy atom. The van der Waals surface area contributed by atoms with Crippen molar-refractivity contribution in [1.29, 1.82) is 0 Å². The molecule has 5 heteroatoms. The quantitative estimate of drug-likeness (QED) is 0.907. The lowest BCUT2D eigenvalue weighted by molar-refractivity contribution is 0.0918. The summed E-state index contributed by atoms with van der Waals surface area (Å²) >= 11 is 4.79. The van der Waals surface area contributed by atoms with Gasteiger partial charge in [0.2, 0.25) is 0 Å². The fourth-order valence-corrected chi connectivity index (χ4v) is 2.61. The first-order valence-electron chi connectivity index (χ1n) is 5.42. The van der Waals surface area contributed by atoms with Gasteiger partial charge in [-0.3, -0.25) is 4.79 Å². The molecule has 1 aromatic heterocycles. The van der Waals surface area contributed by atoms with Crippen molar-refractivity contribution >= 4 is 33.2 Å². The molecule has 0 aliphatic rings. The standard InChI is InChI=1S/C13H12BrNO2S/c14-10-4-1-3-9(7-10)13(17)15-8-11(16)12-5-2-6-18-12/h1-7,11,16H,8H2,(H,15,17). The van der Waals surface area contributed by atoms with E-state index < -0.39 is 6.10 Å². The number of aliphatic hydroxyl groups excluding tert-OH is 1. The Morgan fingerprint density at radius 3 is 2.89 bits per heavy atom. The molecule has 1 aromatic carbocycles. The van der Waals surface area contributed by atoms with Crippen molar-refractivity contribution in [1.82, 2.24) is 5.32 Å². The second-order valence-electron chi connectivity index (χ2n) is 3.75. The summed E-state index contributed by atoms with van der Waals surface area (Å²) in [6, 6.07) is 10.9. The smallest absolute Gasteiger partial charge is 0.251 e. The summed E-state index contributed by atoms with van der Waals surface area (Å²) in [5, 5.41) is 14.5. The van der Waals surface area contributed by atoms with E-state index >= 15 is 0 Å². The zero-order valence-corrected chi connectivity index (χ0v) is 11.9. The summed E-state index contributed by atoms with van der Waals surface area (Å²) in [6.45, 7) is 0.214. The van der Waals surface area contributed by atoms with E-state index in [-0.39, 0.29) is 12.5 Å². The second-order valence-corrected chi connectivity index (χ2v) is 5.65. The second kappa shape index (κ2) is 6.13. The van der Waals surface area contributed by atoms with Gasteiger partial charge in [0.1, 0.15) is 6.10 Å². The molecule has 0 aliphatic heterocycles. The summed E-state index contributed by atoms with van der Waals surface area (Å²) in [5.41, 5.74) is 0.572. The molecular weight excluding hydrogens is 314 g/mol. The van der Waals surface area contributed by atoms with Crippen molar-refractivity contribution in [3.8, 4) is 0 Å². The Labute approximate surface area is 118 Å². The minimum absolute atomic E-state index is 0.188. The van der Waals surface area contributed by atoms with E-state index in [4.69, 9.17) is 0 Å².